The van der Waals surface area contributed by atoms with E-state index < -0.39 is 6.04 Å². The number of carbonyl (C=O) groups excluding carboxylic acids is 2. The van der Waals surface area contributed by atoms with Gasteiger partial charge in [0.2, 0.25) is 11.8 Å². The van der Waals surface area contributed by atoms with Crippen LogP contribution < -0.4 is 5.32 Å². The van der Waals surface area contributed by atoms with Crippen LogP contribution in [0.15, 0.2) is 48.0 Å². The molecule has 28 heavy (non-hydrogen) atoms. The van der Waals surface area contributed by atoms with E-state index in [0.29, 0.717) is 19.3 Å². The molecule has 2 amide bonds. The Morgan fingerprint density at radius 3 is 2.75 bits per heavy atom. The summed E-state index contributed by atoms with van der Waals surface area (Å²) in [5.41, 5.74) is 2.11. The minimum atomic E-state index is -0.520. The highest BCUT2D eigenvalue weighted by Crippen LogP contribution is 2.20. The van der Waals surface area contributed by atoms with E-state index in [1.165, 1.54) is 4.88 Å². The second kappa shape index (κ2) is 8.61. The van der Waals surface area contributed by atoms with Crippen molar-refractivity contribution in [1.29, 1.82) is 0 Å². The van der Waals surface area contributed by atoms with Crippen molar-refractivity contribution in [3.63, 3.8) is 0 Å². The Balaban J connectivity index is 1.48. The van der Waals surface area contributed by atoms with Gasteiger partial charge in [0.15, 0.2) is 0 Å². The van der Waals surface area contributed by atoms with Crippen LogP contribution in [-0.4, -0.2) is 40.8 Å². The van der Waals surface area contributed by atoms with E-state index in [1.54, 1.807) is 11.3 Å². The van der Waals surface area contributed by atoms with Crippen molar-refractivity contribution in [2.75, 3.05) is 13.1 Å². The fourth-order valence-electron chi connectivity index (χ4n) is 3.84. The van der Waals surface area contributed by atoms with Crippen molar-refractivity contribution >= 4 is 34.1 Å². The molecule has 146 valence electrons. The Morgan fingerprint density at radius 1 is 1.14 bits per heavy atom. The Bertz CT molecular complexity index is 942. The second-order valence-corrected chi connectivity index (χ2v) is 8.33. The summed E-state index contributed by atoms with van der Waals surface area (Å²) in [5, 5.41) is 6.14. The van der Waals surface area contributed by atoms with E-state index in [4.69, 9.17) is 0 Å². The van der Waals surface area contributed by atoms with Gasteiger partial charge in [-0.2, -0.15) is 0 Å². The molecule has 4 rings (SSSR count). The van der Waals surface area contributed by atoms with Crippen molar-refractivity contribution in [1.82, 2.24) is 15.2 Å². The van der Waals surface area contributed by atoms with Crippen molar-refractivity contribution < 1.29 is 9.59 Å². The molecule has 1 aromatic carbocycles. The standard InChI is InChI=1S/C22H25N3O2S/c26-21(10-9-17-6-5-13-28-17)24-20(22(27)25-11-3-4-12-25)14-16-15-23-19-8-2-1-7-18(16)19/h1-2,5-8,13,15,20,23H,3-4,9-12,14H2,(H,24,26)/t20-/m0/s1. The van der Waals surface area contributed by atoms with Gasteiger partial charge in [-0.3, -0.25) is 9.59 Å². The average molecular weight is 396 g/mol. The molecule has 1 fully saturated rings. The van der Waals surface area contributed by atoms with Gasteiger partial charge in [0.25, 0.3) is 0 Å². The number of aryl methyl sites for hydroxylation is 1. The summed E-state index contributed by atoms with van der Waals surface area (Å²) in [6, 6.07) is 11.6. The van der Waals surface area contributed by atoms with Crippen LogP contribution in [0, 0.1) is 0 Å². The first kappa shape index (κ1) is 18.7. The van der Waals surface area contributed by atoms with Crippen LogP contribution >= 0.6 is 11.3 Å². The van der Waals surface area contributed by atoms with E-state index in [1.807, 2.05) is 46.8 Å². The predicted octanol–water partition coefficient (Wildman–Crippen LogP) is 3.51. The van der Waals surface area contributed by atoms with Crippen molar-refractivity contribution in [3.05, 3.63) is 58.4 Å². The summed E-state index contributed by atoms with van der Waals surface area (Å²) in [7, 11) is 0. The number of thiophene rings is 1. The molecule has 6 heteroatoms. The van der Waals surface area contributed by atoms with Crippen LogP contribution in [0.2, 0.25) is 0 Å². The third kappa shape index (κ3) is 4.28. The van der Waals surface area contributed by atoms with Gasteiger partial charge in [0.05, 0.1) is 0 Å². The van der Waals surface area contributed by atoms with Crippen LogP contribution in [0.1, 0.15) is 29.7 Å². The molecule has 0 unspecified atom stereocenters. The molecule has 3 heterocycles. The predicted molar refractivity (Wildman–Crippen MR) is 112 cm³/mol. The first-order valence-corrected chi connectivity index (χ1v) is 10.7. The molecular formula is C22H25N3O2S. The first-order chi connectivity index (χ1) is 13.7. The Morgan fingerprint density at radius 2 is 1.96 bits per heavy atom. The van der Waals surface area contributed by atoms with E-state index >= 15 is 0 Å². The van der Waals surface area contributed by atoms with Gasteiger partial charge >= 0.3 is 0 Å². The largest absolute Gasteiger partial charge is 0.361 e. The number of nitrogens with one attached hydrogen (secondary N) is 2. The summed E-state index contributed by atoms with van der Waals surface area (Å²) in [6.07, 6.45) is 5.64. The van der Waals surface area contributed by atoms with Crippen molar-refractivity contribution in [2.45, 2.75) is 38.1 Å². The van der Waals surface area contributed by atoms with Crippen molar-refractivity contribution in [2.24, 2.45) is 0 Å². The highest BCUT2D eigenvalue weighted by molar-refractivity contribution is 7.09. The second-order valence-electron chi connectivity index (χ2n) is 7.30. The van der Waals surface area contributed by atoms with Gasteiger partial charge in [-0.25, -0.2) is 0 Å². The maximum Gasteiger partial charge on any atom is 0.245 e. The molecule has 1 aliphatic heterocycles. The molecule has 1 aliphatic rings. The number of likely N-dealkylation sites (tertiary alicyclic amines) is 1. The Kier molecular flexibility index (Phi) is 5.76. The number of aromatic amines is 1. The number of hydrogen-bond acceptors (Lipinski definition) is 3. The molecule has 0 aliphatic carbocycles. The number of carbonyl (C=O) groups is 2. The fraction of sp³-hybridized carbons (Fsp3) is 0.364. The Hall–Kier alpha value is -2.60. The lowest BCUT2D eigenvalue weighted by Gasteiger charge is -2.24. The third-order valence-corrected chi connectivity index (χ3v) is 6.26. The van der Waals surface area contributed by atoms with Gasteiger partial charge in [-0.15, -0.1) is 11.3 Å². The molecule has 0 spiro atoms. The molecule has 0 saturated carbocycles. The lowest BCUT2D eigenvalue weighted by Crippen LogP contribution is -2.49. The van der Waals surface area contributed by atoms with E-state index in [-0.39, 0.29) is 11.8 Å². The zero-order valence-electron chi connectivity index (χ0n) is 15.8. The zero-order valence-corrected chi connectivity index (χ0v) is 16.6. The van der Waals surface area contributed by atoms with Crippen LogP contribution in [-0.2, 0) is 22.4 Å². The van der Waals surface area contributed by atoms with Crippen molar-refractivity contribution in [3.8, 4) is 0 Å². The zero-order chi connectivity index (χ0) is 19.3. The lowest BCUT2D eigenvalue weighted by atomic mass is 10.0. The summed E-state index contributed by atoms with van der Waals surface area (Å²) in [6.45, 7) is 1.57. The lowest BCUT2D eigenvalue weighted by molar-refractivity contribution is -0.135. The highest BCUT2D eigenvalue weighted by atomic mass is 32.1. The van der Waals surface area contributed by atoms with E-state index in [9.17, 15) is 9.59 Å². The monoisotopic (exact) mass is 395 g/mol. The van der Waals surface area contributed by atoms with Crippen LogP contribution in [0.25, 0.3) is 10.9 Å². The normalized spacial score (nSPS) is 15.1. The highest BCUT2D eigenvalue weighted by Gasteiger charge is 2.28. The maximum atomic E-state index is 13.1. The van der Waals surface area contributed by atoms with Gasteiger partial charge in [0.1, 0.15) is 6.04 Å². The van der Waals surface area contributed by atoms with Crippen LogP contribution in [0.4, 0.5) is 0 Å². The van der Waals surface area contributed by atoms with Crippen LogP contribution in [0.5, 0.6) is 0 Å². The molecule has 5 nitrogen and oxygen atoms in total. The molecule has 1 atom stereocenters. The summed E-state index contributed by atoms with van der Waals surface area (Å²) >= 11 is 1.66. The number of para-hydroxylation sites is 1. The number of benzene rings is 1. The number of aromatic nitrogens is 1. The number of H-pyrrole nitrogens is 1. The number of fused-ring (bicyclic) bond motifs is 1. The Labute approximate surface area is 168 Å². The minimum Gasteiger partial charge on any atom is -0.361 e. The molecule has 1 saturated heterocycles. The van der Waals surface area contributed by atoms with Gasteiger partial charge in [-0.1, -0.05) is 24.3 Å². The number of rotatable bonds is 7. The topological polar surface area (TPSA) is 65.2 Å². The summed E-state index contributed by atoms with van der Waals surface area (Å²) in [4.78, 5) is 32.0. The molecule has 0 radical (unpaired) electrons. The first-order valence-electron chi connectivity index (χ1n) is 9.86. The van der Waals surface area contributed by atoms with E-state index in [2.05, 4.69) is 16.4 Å². The number of hydrogen-bond donors (Lipinski definition) is 2. The average Bonchev–Trinajstić information content (AvgIpc) is 3.47. The molecule has 2 N–H and O–H groups in total. The van der Waals surface area contributed by atoms with Gasteiger partial charge in [-0.05, 0) is 42.3 Å². The maximum absolute atomic E-state index is 13.1. The number of amides is 2. The third-order valence-electron chi connectivity index (χ3n) is 5.33. The quantitative estimate of drug-likeness (QED) is 0.643. The summed E-state index contributed by atoms with van der Waals surface area (Å²) < 4.78 is 0. The fourth-order valence-corrected chi connectivity index (χ4v) is 4.55. The number of nitrogens with zero attached hydrogens (tertiary/aromatic N) is 1. The minimum absolute atomic E-state index is 0.0345. The van der Waals surface area contributed by atoms with E-state index in [0.717, 1.165) is 42.4 Å². The molecule has 0 bridgehead atoms. The molecule has 2 aromatic heterocycles. The molecular weight excluding hydrogens is 370 g/mol. The van der Waals surface area contributed by atoms with Gasteiger partial charge < -0.3 is 15.2 Å². The smallest absolute Gasteiger partial charge is 0.245 e. The SMILES string of the molecule is O=C(CCc1cccs1)N[C@@H](Cc1c[nH]c2ccccc12)C(=O)N1CCCC1. The summed E-state index contributed by atoms with van der Waals surface area (Å²) in [5.74, 6) is -0.0296. The van der Waals surface area contributed by atoms with Gasteiger partial charge in [0, 0.05) is 47.9 Å². The van der Waals surface area contributed by atoms with Crippen LogP contribution in [0.3, 0.4) is 0 Å². The molecule has 3 aromatic rings.